The topological polar surface area (TPSA) is 44.7 Å². The number of urea groups is 1. The molecule has 0 bridgehead atoms. The van der Waals surface area contributed by atoms with Crippen molar-refractivity contribution in [1.82, 2.24) is 10.2 Å². The first-order chi connectivity index (χ1) is 7.11. The molecule has 0 radical (unpaired) electrons. The molecule has 0 aromatic rings. The van der Waals surface area contributed by atoms with Gasteiger partial charge in [-0.05, 0) is 12.8 Å². The van der Waals surface area contributed by atoms with Gasteiger partial charge in [-0.3, -0.25) is 10.3 Å². The van der Waals surface area contributed by atoms with Gasteiger partial charge in [0.05, 0.1) is 0 Å². The van der Waals surface area contributed by atoms with Crippen LogP contribution in [-0.4, -0.2) is 42.5 Å². The summed E-state index contributed by atoms with van der Waals surface area (Å²) in [6.45, 7) is 4.94. The zero-order chi connectivity index (χ0) is 11.7. The van der Waals surface area contributed by atoms with Crippen molar-refractivity contribution in [2.75, 3.05) is 26.4 Å². The van der Waals surface area contributed by atoms with Crippen LogP contribution in [0.15, 0.2) is 4.99 Å². The highest BCUT2D eigenvalue weighted by molar-refractivity contribution is 8.13. The van der Waals surface area contributed by atoms with Crippen molar-refractivity contribution in [1.29, 1.82) is 0 Å². The monoisotopic (exact) mass is 231 g/mol. The maximum Gasteiger partial charge on any atom is 0.322 e. The van der Waals surface area contributed by atoms with Gasteiger partial charge in [-0.1, -0.05) is 25.6 Å². The Morgan fingerprint density at radius 2 is 2.00 bits per heavy atom. The van der Waals surface area contributed by atoms with Crippen LogP contribution in [-0.2, 0) is 0 Å². The lowest BCUT2D eigenvalue weighted by atomic mass is 10.5. The maximum atomic E-state index is 11.4. The summed E-state index contributed by atoms with van der Waals surface area (Å²) >= 11 is 1.60. The third-order valence-corrected chi connectivity index (χ3v) is 2.66. The minimum absolute atomic E-state index is 0.117. The molecule has 0 aliphatic carbocycles. The van der Waals surface area contributed by atoms with Crippen molar-refractivity contribution in [3.8, 4) is 0 Å². The van der Waals surface area contributed by atoms with Crippen molar-refractivity contribution in [2.45, 2.75) is 26.7 Å². The first kappa shape index (κ1) is 14.3. The molecule has 15 heavy (non-hydrogen) atoms. The Morgan fingerprint density at radius 1 is 1.33 bits per heavy atom. The number of aliphatic imine (C=N–C) groups is 1. The summed E-state index contributed by atoms with van der Waals surface area (Å²) < 4.78 is 0. The minimum Gasteiger partial charge on any atom is -0.331 e. The molecule has 0 fully saturated rings. The SMILES string of the molecule is CCCN=C(NC(=O)N(C)C)SCCC. The Labute approximate surface area is 96.5 Å². The number of carbonyl (C=O) groups is 1. The molecule has 0 rings (SSSR count). The smallest absolute Gasteiger partial charge is 0.322 e. The van der Waals surface area contributed by atoms with Gasteiger partial charge < -0.3 is 4.90 Å². The summed E-state index contributed by atoms with van der Waals surface area (Å²) in [5.41, 5.74) is 0. The molecule has 0 aliphatic rings. The van der Waals surface area contributed by atoms with Crippen LogP contribution < -0.4 is 5.32 Å². The van der Waals surface area contributed by atoms with E-state index >= 15 is 0 Å². The third kappa shape index (κ3) is 7.25. The highest BCUT2D eigenvalue weighted by Crippen LogP contribution is 2.04. The van der Waals surface area contributed by atoms with Crippen molar-refractivity contribution in [3.05, 3.63) is 0 Å². The number of hydrogen-bond acceptors (Lipinski definition) is 3. The van der Waals surface area contributed by atoms with Gasteiger partial charge in [0, 0.05) is 26.4 Å². The number of amidine groups is 1. The van der Waals surface area contributed by atoms with Gasteiger partial charge >= 0.3 is 6.03 Å². The summed E-state index contributed by atoms with van der Waals surface area (Å²) in [7, 11) is 3.44. The number of amides is 2. The number of thioether (sulfide) groups is 1. The lowest BCUT2D eigenvalue weighted by Gasteiger charge is -2.13. The van der Waals surface area contributed by atoms with Gasteiger partial charge in [0.15, 0.2) is 5.17 Å². The molecule has 5 heteroatoms. The molecule has 0 atom stereocenters. The zero-order valence-electron chi connectivity index (χ0n) is 10.0. The predicted octanol–water partition coefficient (Wildman–Crippen LogP) is 2.17. The Morgan fingerprint density at radius 3 is 2.47 bits per heavy atom. The van der Waals surface area contributed by atoms with Crippen molar-refractivity contribution in [2.24, 2.45) is 4.99 Å². The van der Waals surface area contributed by atoms with Crippen LogP contribution in [0, 0.1) is 0 Å². The molecule has 0 unspecified atom stereocenters. The standard InChI is InChI=1S/C10H21N3OS/c1-5-7-11-9(15-8-6-2)12-10(14)13(3)4/h5-8H2,1-4H3,(H,11,12,14). The van der Waals surface area contributed by atoms with E-state index in [1.54, 1.807) is 25.9 Å². The van der Waals surface area contributed by atoms with E-state index in [-0.39, 0.29) is 6.03 Å². The molecule has 0 aromatic heterocycles. The van der Waals surface area contributed by atoms with Gasteiger partial charge in [0.2, 0.25) is 0 Å². The van der Waals surface area contributed by atoms with Crippen LogP contribution in [0.1, 0.15) is 26.7 Å². The van der Waals surface area contributed by atoms with Crippen LogP contribution in [0.2, 0.25) is 0 Å². The third-order valence-electron chi connectivity index (χ3n) is 1.54. The number of carbonyl (C=O) groups excluding carboxylic acids is 1. The van der Waals surface area contributed by atoms with Gasteiger partial charge in [0.1, 0.15) is 0 Å². The molecule has 0 aromatic carbocycles. The highest BCUT2D eigenvalue weighted by Gasteiger charge is 2.07. The summed E-state index contributed by atoms with van der Waals surface area (Å²) in [5, 5.41) is 3.52. The molecule has 2 amide bonds. The molecule has 0 heterocycles. The lowest BCUT2D eigenvalue weighted by molar-refractivity contribution is 0.222. The molecular weight excluding hydrogens is 210 g/mol. The summed E-state index contributed by atoms with van der Waals surface area (Å²) in [6.07, 6.45) is 2.07. The Bertz CT molecular complexity index is 217. The second-order valence-electron chi connectivity index (χ2n) is 3.36. The van der Waals surface area contributed by atoms with E-state index in [4.69, 9.17) is 0 Å². The van der Waals surface area contributed by atoms with Crippen molar-refractivity contribution >= 4 is 23.0 Å². The second kappa shape index (κ2) is 8.59. The fourth-order valence-electron chi connectivity index (χ4n) is 0.737. The molecule has 0 saturated heterocycles. The summed E-state index contributed by atoms with van der Waals surface area (Å²) in [6, 6.07) is -0.117. The average molecular weight is 231 g/mol. The quantitative estimate of drug-likeness (QED) is 0.595. The Kier molecular flexibility index (Phi) is 8.18. The van der Waals surface area contributed by atoms with E-state index < -0.39 is 0 Å². The van der Waals surface area contributed by atoms with E-state index in [2.05, 4.69) is 24.2 Å². The normalized spacial score (nSPS) is 11.3. The van der Waals surface area contributed by atoms with E-state index in [1.807, 2.05) is 0 Å². The first-order valence-electron chi connectivity index (χ1n) is 5.27. The number of rotatable bonds is 4. The van der Waals surface area contributed by atoms with E-state index in [1.165, 1.54) is 4.90 Å². The molecule has 1 N–H and O–H groups in total. The molecule has 0 spiro atoms. The fraction of sp³-hybridized carbons (Fsp3) is 0.800. The molecular formula is C10H21N3OS. The molecule has 88 valence electrons. The average Bonchev–Trinajstić information content (AvgIpc) is 2.21. The number of nitrogens with zero attached hydrogens (tertiary/aromatic N) is 2. The van der Waals surface area contributed by atoms with E-state index in [9.17, 15) is 4.79 Å². The van der Waals surface area contributed by atoms with Gasteiger partial charge in [-0.2, -0.15) is 0 Å². The second-order valence-corrected chi connectivity index (χ2v) is 4.44. The van der Waals surface area contributed by atoms with Crippen LogP contribution >= 0.6 is 11.8 Å². The predicted molar refractivity (Wildman–Crippen MR) is 67.6 cm³/mol. The van der Waals surface area contributed by atoms with Gasteiger partial charge in [-0.15, -0.1) is 0 Å². The highest BCUT2D eigenvalue weighted by atomic mass is 32.2. The Balaban J connectivity index is 4.17. The van der Waals surface area contributed by atoms with Crippen LogP contribution in [0.4, 0.5) is 4.79 Å². The molecule has 4 nitrogen and oxygen atoms in total. The van der Waals surface area contributed by atoms with Crippen molar-refractivity contribution < 1.29 is 4.79 Å². The van der Waals surface area contributed by atoms with Crippen LogP contribution in [0.5, 0.6) is 0 Å². The summed E-state index contributed by atoms with van der Waals surface area (Å²) in [5.74, 6) is 0.982. The fourth-order valence-corrected chi connectivity index (χ4v) is 1.48. The summed E-state index contributed by atoms with van der Waals surface area (Å²) in [4.78, 5) is 17.2. The zero-order valence-corrected chi connectivity index (χ0v) is 10.9. The number of nitrogens with one attached hydrogen (secondary N) is 1. The van der Waals surface area contributed by atoms with Gasteiger partial charge in [-0.25, -0.2) is 4.79 Å². The van der Waals surface area contributed by atoms with Gasteiger partial charge in [0.25, 0.3) is 0 Å². The van der Waals surface area contributed by atoms with Crippen LogP contribution in [0.25, 0.3) is 0 Å². The minimum atomic E-state index is -0.117. The van der Waals surface area contributed by atoms with Crippen molar-refractivity contribution in [3.63, 3.8) is 0 Å². The molecule has 0 saturated carbocycles. The molecule has 0 aliphatic heterocycles. The number of hydrogen-bond donors (Lipinski definition) is 1. The Hall–Kier alpha value is -0.710. The largest absolute Gasteiger partial charge is 0.331 e. The lowest BCUT2D eigenvalue weighted by Crippen LogP contribution is -2.37. The maximum absolute atomic E-state index is 11.4. The van der Waals surface area contributed by atoms with E-state index in [0.717, 1.165) is 30.3 Å². The van der Waals surface area contributed by atoms with E-state index in [0.29, 0.717) is 0 Å². The van der Waals surface area contributed by atoms with Crippen LogP contribution in [0.3, 0.4) is 0 Å². The first-order valence-corrected chi connectivity index (χ1v) is 6.25.